The van der Waals surface area contributed by atoms with Crippen molar-refractivity contribution in [1.29, 1.82) is 0 Å². The van der Waals surface area contributed by atoms with Gasteiger partial charge in [0.1, 0.15) is 17.3 Å². The van der Waals surface area contributed by atoms with Crippen molar-refractivity contribution in [1.82, 2.24) is 9.78 Å². The van der Waals surface area contributed by atoms with Gasteiger partial charge in [0.25, 0.3) is 0 Å². The summed E-state index contributed by atoms with van der Waals surface area (Å²) >= 11 is 0. The molecule has 20 heavy (non-hydrogen) atoms. The molecule has 5 nitrogen and oxygen atoms in total. The van der Waals surface area contributed by atoms with E-state index in [0.717, 1.165) is 41.2 Å². The maximum absolute atomic E-state index is 6.11. The zero-order valence-corrected chi connectivity index (χ0v) is 12.4. The number of rotatable bonds is 5. The molecule has 0 bridgehead atoms. The highest BCUT2D eigenvalue weighted by Gasteiger charge is 2.16. The second-order valence-corrected chi connectivity index (χ2v) is 4.69. The Morgan fingerprint density at radius 2 is 1.75 bits per heavy atom. The number of methoxy groups -OCH3 is 2. The maximum atomic E-state index is 6.11. The molecule has 1 heterocycles. The predicted octanol–water partition coefficient (Wildman–Crippen LogP) is 2.64. The van der Waals surface area contributed by atoms with Crippen LogP contribution in [0.2, 0.25) is 0 Å². The summed E-state index contributed by atoms with van der Waals surface area (Å²) < 4.78 is 12.3. The van der Waals surface area contributed by atoms with E-state index in [1.807, 2.05) is 25.2 Å². The van der Waals surface area contributed by atoms with Crippen molar-refractivity contribution >= 4 is 5.82 Å². The molecular weight excluding hydrogens is 254 g/mol. The Balaban J connectivity index is 2.58. The van der Waals surface area contributed by atoms with Gasteiger partial charge in [0.05, 0.1) is 19.9 Å². The van der Waals surface area contributed by atoms with E-state index in [1.54, 1.807) is 18.9 Å². The number of hydrogen-bond donors (Lipinski definition) is 1. The first-order chi connectivity index (χ1) is 9.60. The second-order valence-electron chi connectivity index (χ2n) is 4.69. The van der Waals surface area contributed by atoms with Crippen LogP contribution < -0.4 is 15.2 Å². The zero-order valence-electron chi connectivity index (χ0n) is 12.4. The van der Waals surface area contributed by atoms with Crippen LogP contribution in [-0.4, -0.2) is 24.0 Å². The zero-order chi connectivity index (χ0) is 14.7. The van der Waals surface area contributed by atoms with Crippen LogP contribution in [0.25, 0.3) is 11.3 Å². The van der Waals surface area contributed by atoms with Gasteiger partial charge in [0.2, 0.25) is 0 Å². The number of nitrogens with zero attached hydrogens (tertiary/aromatic N) is 2. The Labute approximate surface area is 119 Å². The molecule has 0 aliphatic carbocycles. The first kappa shape index (κ1) is 14.2. The van der Waals surface area contributed by atoms with Crippen molar-refractivity contribution in [2.24, 2.45) is 7.05 Å². The molecule has 2 N–H and O–H groups in total. The van der Waals surface area contributed by atoms with Gasteiger partial charge in [0, 0.05) is 24.2 Å². The molecule has 0 spiro atoms. The SMILES string of the molecule is CCCc1c(-c2cc(OC)cc(OC)c2)nn(C)c1N. The van der Waals surface area contributed by atoms with E-state index >= 15 is 0 Å². The fourth-order valence-electron chi connectivity index (χ4n) is 2.25. The van der Waals surface area contributed by atoms with Gasteiger partial charge in [-0.2, -0.15) is 5.10 Å². The number of aromatic nitrogens is 2. The first-order valence-electron chi connectivity index (χ1n) is 6.65. The summed E-state index contributed by atoms with van der Waals surface area (Å²) in [5.41, 5.74) is 9.03. The summed E-state index contributed by atoms with van der Waals surface area (Å²) in [5.74, 6) is 2.20. The summed E-state index contributed by atoms with van der Waals surface area (Å²) in [6.45, 7) is 2.13. The number of ether oxygens (including phenoxy) is 2. The average Bonchev–Trinajstić information content (AvgIpc) is 2.75. The van der Waals surface area contributed by atoms with E-state index in [2.05, 4.69) is 12.0 Å². The average molecular weight is 275 g/mol. The molecule has 0 fully saturated rings. The Morgan fingerprint density at radius 1 is 1.15 bits per heavy atom. The van der Waals surface area contributed by atoms with Gasteiger partial charge < -0.3 is 15.2 Å². The van der Waals surface area contributed by atoms with Crippen LogP contribution >= 0.6 is 0 Å². The molecule has 2 rings (SSSR count). The normalized spacial score (nSPS) is 10.6. The van der Waals surface area contributed by atoms with Crippen LogP contribution in [0.4, 0.5) is 5.82 Å². The van der Waals surface area contributed by atoms with Crippen molar-refractivity contribution in [2.75, 3.05) is 20.0 Å². The van der Waals surface area contributed by atoms with Crippen molar-refractivity contribution in [2.45, 2.75) is 19.8 Å². The second kappa shape index (κ2) is 5.86. The predicted molar refractivity (Wildman–Crippen MR) is 80.2 cm³/mol. The third kappa shape index (κ3) is 2.57. The smallest absolute Gasteiger partial charge is 0.125 e. The van der Waals surface area contributed by atoms with Gasteiger partial charge >= 0.3 is 0 Å². The summed E-state index contributed by atoms with van der Waals surface area (Å²) in [6, 6.07) is 5.74. The summed E-state index contributed by atoms with van der Waals surface area (Å²) in [4.78, 5) is 0. The van der Waals surface area contributed by atoms with E-state index in [-0.39, 0.29) is 0 Å². The van der Waals surface area contributed by atoms with Gasteiger partial charge in [0.15, 0.2) is 0 Å². The summed E-state index contributed by atoms with van der Waals surface area (Å²) in [5, 5.41) is 4.53. The van der Waals surface area contributed by atoms with Gasteiger partial charge in [-0.15, -0.1) is 0 Å². The lowest BCUT2D eigenvalue weighted by molar-refractivity contribution is 0.394. The van der Waals surface area contributed by atoms with Gasteiger partial charge in [-0.25, -0.2) is 0 Å². The Morgan fingerprint density at radius 3 is 2.25 bits per heavy atom. The molecule has 2 aromatic rings. The Hall–Kier alpha value is -2.17. The standard InChI is InChI=1S/C15H21N3O2/c1-5-6-13-14(17-18(2)15(13)16)10-7-11(19-3)9-12(8-10)20-4/h7-9H,5-6,16H2,1-4H3. The fraction of sp³-hybridized carbons (Fsp3) is 0.400. The summed E-state index contributed by atoms with van der Waals surface area (Å²) in [7, 11) is 5.13. The summed E-state index contributed by atoms with van der Waals surface area (Å²) in [6.07, 6.45) is 1.92. The van der Waals surface area contributed by atoms with E-state index in [9.17, 15) is 0 Å². The van der Waals surface area contributed by atoms with E-state index in [4.69, 9.17) is 15.2 Å². The highest BCUT2D eigenvalue weighted by Crippen LogP contribution is 2.33. The molecule has 0 saturated heterocycles. The van der Waals surface area contributed by atoms with Crippen LogP contribution in [0.15, 0.2) is 18.2 Å². The quantitative estimate of drug-likeness (QED) is 0.911. The van der Waals surface area contributed by atoms with Crippen molar-refractivity contribution < 1.29 is 9.47 Å². The van der Waals surface area contributed by atoms with Crippen LogP contribution in [0.3, 0.4) is 0 Å². The van der Waals surface area contributed by atoms with Crippen LogP contribution in [0, 0.1) is 0 Å². The highest BCUT2D eigenvalue weighted by atomic mass is 16.5. The molecule has 108 valence electrons. The lowest BCUT2D eigenvalue weighted by Crippen LogP contribution is -1.99. The number of anilines is 1. The van der Waals surface area contributed by atoms with Crippen LogP contribution in [0.5, 0.6) is 11.5 Å². The van der Waals surface area contributed by atoms with Crippen LogP contribution in [-0.2, 0) is 13.5 Å². The molecule has 5 heteroatoms. The van der Waals surface area contributed by atoms with Gasteiger partial charge in [-0.3, -0.25) is 4.68 Å². The monoisotopic (exact) mass is 275 g/mol. The molecule has 0 saturated carbocycles. The minimum Gasteiger partial charge on any atom is -0.497 e. The van der Waals surface area contributed by atoms with Crippen molar-refractivity contribution in [3.63, 3.8) is 0 Å². The van der Waals surface area contributed by atoms with E-state index < -0.39 is 0 Å². The minimum atomic E-state index is 0.712. The Bertz CT molecular complexity index is 583. The maximum Gasteiger partial charge on any atom is 0.125 e. The molecule has 0 aliphatic heterocycles. The lowest BCUT2D eigenvalue weighted by atomic mass is 10.0. The van der Waals surface area contributed by atoms with Gasteiger partial charge in [-0.05, 0) is 18.6 Å². The third-order valence-electron chi connectivity index (χ3n) is 3.32. The molecule has 0 aliphatic rings. The number of benzene rings is 1. The van der Waals surface area contributed by atoms with E-state index in [1.165, 1.54) is 0 Å². The molecule has 1 aromatic carbocycles. The van der Waals surface area contributed by atoms with Crippen molar-refractivity contribution in [3.8, 4) is 22.8 Å². The number of nitrogens with two attached hydrogens (primary N) is 1. The molecule has 0 radical (unpaired) electrons. The minimum absolute atomic E-state index is 0.712. The molecular formula is C15H21N3O2. The van der Waals surface area contributed by atoms with Crippen LogP contribution in [0.1, 0.15) is 18.9 Å². The largest absolute Gasteiger partial charge is 0.497 e. The number of aryl methyl sites for hydroxylation is 1. The first-order valence-corrected chi connectivity index (χ1v) is 6.65. The topological polar surface area (TPSA) is 62.3 Å². The molecule has 0 unspecified atom stereocenters. The fourth-order valence-corrected chi connectivity index (χ4v) is 2.25. The highest BCUT2D eigenvalue weighted by molar-refractivity contribution is 5.71. The number of hydrogen-bond acceptors (Lipinski definition) is 4. The molecule has 1 aromatic heterocycles. The molecule has 0 amide bonds. The van der Waals surface area contributed by atoms with Gasteiger partial charge in [-0.1, -0.05) is 13.3 Å². The lowest BCUT2D eigenvalue weighted by Gasteiger charge is -2.08. The molecule has 0 atom stereocenters. The number of nitrogen functional groups attached to an aromatic ring is 1. The van der Waals surface area contributed by atoms with Crippen molar-refractivity contribution in [3.05, 3.63) is 23.8 Å². The van der Waals surface area contributed by atoms with E-state index in [0.29, 0.717) is 5.82 Å². The Kier molecular flexibility index (Phi) is 4.17. The third-order valence-corrected chi connectivity index (χ3v) is 3.32.